The van der Waals surface area contributed by atoms with E-state index in [2.05, 4.69) is 48.3 Å². The molecule has 0 aromatic heterocycles. The standard InChI is InChI=1S/C26H36N2O4/c1-19(2)18-32-24-11-10-22(14-25(24)30-4)20(3)27-26(29)15-23-17-28(12-13-31-23)16-21-8-6-5-7-9-21/h5-11,14,19-20,23H,12-13,15-18H2,1-4H3,(H,27,29). The van der Waals surface area contributed by atoms with Crippen LogP contribution in [0.4, 0.5) is 0 Å². The highest BCUT2D eigenvalue weighted by molar-refractivity contribution is 5.77. The zero-order valence-electron chi connectivity index (χ0n) is 19.7. The summed E-state index contributed by atoms with van der Waals surface area (Å²) in [6.45, 7) is 9.99. The van der Waals surface area contributed by atoms with Crippen LogP contribution in [0.25, 0.3) is 0 Å². The Labute approximate surface area is 191 Å². The predicted octanol–water partition coefficient (Wildman–Crippen LogP) is 4.20. The molecule has 174 valence electrons. The van der Waals surface area contributed by atoms with Gasteiger partial charge >= 0.3 is 0 Å². The number of rotatable bonds is 10. The van der Waals surface area contributed by atoms with Gasteiger partial charge in [-0.1, -0.05) is 50.2 Å². The third-order valence-corrected chi connectivity index (χ3v) is 5.52. The summed E-state index contributed by atoms with van der Waals surface area (Å²) in [5, 5.41) is 3.10. The second-order valence-electron chi connectivity index (χ2n) is 8.82. The lowest BCUT2D eigenvalue weighted by Crippen LogP contribution is -2.44. The molecule has 1 saturated heterocycles. The monoisotopic (exact) mass is 440 g/mol. The molecule has 0 radical (unpaired) electrons. The minimum Gasteiger partial charge on any atom is -0.493 e. The third-order valence-electron chi connectivity index (χ3n) is 5.52. The van der Waals surface area contributed by atoms with Crippen LogP contribution in [-0.2, 0) is 16.1 Å². The Balaban J connectivity index is 1.51. The van der Waals surface area contributed by atoms with Gasteiger partial charge in [0.2, 0.25) is 5.91 Å². The summed E-state index contributed by atoms with van der Waals surface area (Å²) in [6, 6.07) is 16.1. The van der Waals surface area contributed by atoms with E-state index < -0.39 is 0 Å². The summed E-state index contributed by atoms with van der Waals surface area (Å²) >= 11 is 0. The maximum absolute atomic E-state index is 12.7. The van der Waals surface area contributed by atoms with Crippen LogP contribution in [0.1, 0.15) is 44.4 Å². The van der Waals surface area contributed by atoms with Gasteiger partial charge in [0.1, 0.15) is 0 Å². The number of methoxy groups -OCH3 is 1. The van der Waals surface area contributed by atoms with E-state index in [1.165, 1.54) is 5.56 Å². The number of hydrogen-bond acceptors (Lipinski definition) is 5. The number of benzene rings is 2. The summed E-state index contributed by atoms with van der Waals surface area (Å²) in [6.07, 6.45) is 0.253. The summed E-state index contributed by atoms with van der Waals surface area (Å²) in [5.74, 6) is 1.82. The quantitative estimate of drug-likeness (QED) is 0.600. The summed E-state index contributed by atoms with van der Waals surface area (Å²) in [4.78, 5) is 15.0. The fraction of sp³-hybridized carbons (Fsp3) is 0.500. The van der Waals surface area contributed by atoms with Crippen LogP contribution in [0.2, 0.25) is 0 Å². The third kappa shape index (κ3) is 7.24. The Morgan fingerprint density at radius 2 is 1.94 bits per heavy atom. The molecule has 1 heterocycles. The van der Waals surface area contributed by atoms with Crippen LogP contribution in [0.15, 0.2) is 48.5 Å². The predicted molar refractivity (Wildman–Crippen MR) is 126 cm³/mol. The SMILES string of the molecule is COc1cc(C(C)NC(=O)CC2CN(Cc3ccccc3)CCO2)ccc1OCC(C)C. The smallest absolute Gasteiger partial charge is 0.223 e. The number of nitrogens with one attached hydrogen (secondary N) is 1. The summed E-state index contributed by atoms with van der Waals surface area (Å²) in [7, 11) is 1.63. The normalized spacial score (nSPS) is 17.7. The zero-order valence-corrected chi connectivity index (χ0v) is 19.7. The molecule has 6 heteroatoms. The lowest BCUT2D eigenvalue weighted by molar-refractivity contribution is -0.126. The first-order chi connectivity index (χ1) is 15.4. The van der Waals surface area contributed by atoms with Gasteiger partial charge in [0, 0.05) is 19.6 Å². The van der Waals surface area contributed by atoms with Crippen LogP contribution < -0.4 is 14.8 Å². The van der Waals surface area contributed by atoms with Crippen LogP contribution >= 0.6 is 0 Å². The molecule has 2 atom stereocenters. The van der Waals surface area contributed by atoms with Crippen LogP contribution in [0.5, 0.6) is 11.5 Å². The van der Waals surface area contributed by atoms with Gasteiger partial charge in [-0.2, -0.15) is 0 Å². The maximum Gasteiger partial charge on any atom is 0.223 e. The van der Waals surface area contributed by atoms with Crippen molar-refractivity contribution in [2.45, 2.75) is 45.9 Å². The van der Waals surface area contributed by atoms with Crippen molar-refractivity contribution in [2.75, 3.05) is 33.4 Å². The van der Waals surface area contributed by atoms with Gasteiger partial charge in [-0.3, -0.25) is 9.69 Å². The largest absolute Gasteiger partial charge is 0.493 e. The van der Waals surface area contributed by atoms with E-state index in [-0.39, 0.29) is 18.1 Å². The van der Waals surface area contributed by atoms with Crippen molar-refractivity contribution < 1.29 is 19.0 Å². The first-order valence-electron chi connectivity index (χ1n) is 11.4. The molecule has 0 spiro atoms. The zero-order chi connectivity index (χ0) is 22.9. The fourth-order valence-corrected chi connectivity index (χ4v) is 3.81. The minimum absolute atomic E-state index is 0.0110. The van der Waals surface area contributed by atoms with E-state index in [1.807, 2.05) is 31.2 Å². The number of nitrogens with zero attached hydrogens (tertiary/aromatic N) is 1. The molecule has 3 rings (SSSR count). The number of amides is 1. The minimum atomic E-state index is -0.139. The molecule has 1 aliphatic rings. The molecule has 6 nitrogen and oxygen atoms in total. The molecule has 0 aliphatic carbocycles. The van der Waals surface area contributed by atoms with E-state index >= 15 is 0 Å². The Kier molecular flexibility index (Phi) is 8.94. The van der Waals surface area contributed by atoms with Gasteiger partial charge < -0.3 is 19.5 Å². The number of carbonyl (C=O) groups is 1. The fourth-order valence-electron chi connectivity index (χ4n) is 3.81. The number of morpholine rings is 1. The highest BCUT2D eigenvalue weighted by Gasteiger charge is 2.24. The molecular formula is C26H36N2O4. The highest BCUT2D eigenvalue weighted by atomic mass is 16.5. The Morgan fingerprint density at radius 1 is 1.16 bits per heavy atom. The molecule has 1 fully saturated rings. The van der Waals surface area contributed by atoms with E-state index in [0.717, 1.165) is 30.9 Å². The Morgan fingerprint density at radius 3 is 2.66 bits per heavy atom. The molecule has 2 unspecified atom stereocenters. The lowest BCUT2D eigenvalue weighted by atomic mass is 10.1. The first-order valence-corrected chi connectivity index (χ1v) is 11.4. The van der Waals surface area contributed by atoms with Crippen LogP contribution in [-0.4, -0.2) is 50.3 Å². The van der Waals surface area contributed by atoms with Gasteiger partial charge in [-0.25, -0.2) is 0 Å². The number of hydrogen-bond donors (Lipinski definition) is 1. The van der Waals surface area contributed by atoms with Crippen molar-refractivity contribution in [1.29, 1.82) is 0 Å². The maximum atomic E-state index is 12.7. The van der Waals surface area contributed by atoms with E-state index in [4.69, 9.17) is 14.2 Å². The van der Waals surface area contributed by atoms with E-state index in [0.29, 0.717) is 31.3 Å². The average molecular weight is 441 g/mol. The summed E-state index contributed by atoms with van der Waals surface area (Å²) in [5.41, 5.74) is 2.25. The van der Waals surface area contributed by atoms with Crippen LogP contribution in [0.3, 0.4) is 0 Å². The van der Waals surface area contributed by atoms with Crippen molar-refractivity contribution in [3.8, 4) is 11.5 Å². The van der Waals surface area contributed by atoms with Crippen molar-refractivity contribution in [3.63, 3.8) is 0 Å². The molecule has 1 aliphatic heterocycles. The van der Waals surface area contributed by atoms with Crippen molar-refractivity contribution in [2.24, 2.45) is 5.92 Å². The van der Waals surface area contributed by atoms with E-state index in [9.17, 15) is 4.79 Å². The molecule has 0 bridgehead atoms. The molecule has 0 saturated carbocycles. The molecular weight excluding hydrogens is 404 g/mol. The lowest BCUT2D eigenvalue weighted by Gasteiger charge is -2.33. The van der Waals surface area contributed by atoms with Crippen molar-refractivity contribution in [3.05, 3.63) is 59.7 Å². The van der Waals surface area contributed by atoms with E-state index in [1.54, 1.807) is 7.11 Å². The van der Waals surface area contributed by atoms with Crippen molar-refractivity contribution >= 4 is 5.91 Å². The molecule has 1 amide bonds. The number of carbonyl (C=O) groups excluding carboxylic acids is 1. The van der Waals surface area contributed by atoms with Gasteiger partial charge in [0.15, 0.2) is 11.5 Å². The van der Waals surface area contributed by atoms with Gasteiger partial charge in [-0.15, -0.1) is 0 Å². The molecule has 32 heavy (non-hydrogen) atoms. The molecule has 2 aromatic carbocycles. The second kappa shape index (κ2) is 11.9. The second-order valence-corrected chi connectivity index (χ2v) is 8.82. The van der Waals surface area contributed by atoms with Crippen molar-refractivity contribution in [1.82, 2.24) is 10.2 Å². The molecule has 1 N–H and O–H groups in total. The average Bonchev–Trinajstić information content (AvgIpc) is 2.78. The first kappa shape index (κ1) is 24.1. The Hall–Kier alpha value is -2.57. The van der Waals surface area contributed by atoms with Crippen LogP contribution in [0, 0.1) is 5.92 Å². The highest BCUT2D eigenvalue weighted by Crippen LogP contribution is 2.30. The topological polar surface area (TPSA) is 60.0 Å². The van der Waals surface area contributed by atoms with Gasteiger partial charge in [0.25, 0.3) is 0 Å². The Bertz CT molecular complexity index is 856. The summed E-state index contributed by atoms with van der Waals surface area (Å²) < 4.78 is 17.2. The number of ether oxygens (including phenoxy) is 3. The molecule has 2 aromatic rings. The van der Waals surface area contributed by atoms with Gasteiger partial charge in [0.05, 0.1) is 38.9 Å². The van der Waals surface area contributed by atoms with Gasteiger partial charge in [-0.05, 0) is 36.1 Å².